The maximum absolute atomic E-state index is 11.5. The summed E-state index contributed by atoms with van der Waals surface area (Å²) in [6.45, 7) is 1.74. The molecule has 0 radical (unpaired) electrons. The van der Waals surface area contributed by atoms with E-state index in [1.54, 1.807) is 0 Å². The first-order valence-electron chi connectivity index (χ1n) is 5.60. The largest absolute Gasteiger partial charge is 0.524 e. The molecule has 3 amide bonds. The molecule has 1 unspecified atom stereocenters. The van der Waals surface area contributed by atoms with Crippen LogP contribution in [0.4, 0.5) is 9.59 Å². The van der Waals surface area contributed by atoms with Gasteiger partial charge in [-0.2, -0.15) is 0 Å². The van der Waals surface area contributed by atoms with Crippen LogP contribution in [0.15, 0.2) is 0 Å². The van der Waals surface area contributed by atoms with E-state index in [2.05, 4.69) is 22.1 Å². The third kappa shape index (κ3) is 4.94. The van der Waals surface area contributed by atoms with Gasteiger partial charge in [-0.25, -0.2) is 9.59 Å². The SMILES string of the molecule is CCCC(OC(=O)OC#CCI)N1CC(=O)NC1=O. The minimum atomic E-state index is -0.983. The van der Waals surface area contributed by atoms with Crippen molar-refractivity contribution < 1.29 is 23.9 Å². The van der Waals surface area contributed by atoms with Crippen LogP contribution in [0.1, 0.15) is 19.8 Å². The van der Waals surface area contributed by atoms with Gasteiger partial charge in [-0.15, -0.1) is 0 Å². The molecule has 19 heavy (non-hydrogen) atoms. The first-order chi connectivity index (χ1) is 9.08. The molecule has 0 aromatic heterocycles. The third-order valence-electron chi connectivity index (χ3n) is 2.21. The van der Waals surface area contributed by atoms with Crippen LogP contribution >= 0.6 is 22.6 Å². The van der Waals surface area contributed by atoms with Crippen LogP contribution in [0.3, 0.4) is 0 Å². The van der Waals surface area contributed by atoms with Gasteiger partial charge in [0.05, 0.1) is 4.43 Å². The number of alkyl halides is 1. The Hall–Kier alpha value is -1.50. The number of nitrogens with one attached hydrogen (secondary N) is 1. The first-order valence-corrected chi connectivity index (χ1v) is 7.12. The summed E-state index contributed by atoms with van der Waals surface area (Å²) in [5.74, 6) is 2.11. The van der Waals surface area contributed by atoms with E-state index in [9.17, 15) is 14.4 Å². The molecule has 0 bridgehead atoms. The molecule has 0 aromatic carbocycles. The van der Waals surface area contributed by atoms with Crippen LogP contribution in [-0.2, 0) is 14.3 Å². The number of ether oxygens (including phenoxy) is 2. The van der Waals surface area contributed by atoms with Crippen LogP contribution in [0.25, 0.3) is 0 Å². The van der Waals surface area contributed by atoms with Gasteiger partial charge in [0, 0.05) is 6.42 Å². The maximum Gasteiger partial charge on any atom is 0.524 e. The van der Waals surface area contributed by atoms with Crippen molar-refractivity contribution in [1.29, 1.82) is 0 Å². The lowest BCUT2D eigenvalue weighted by molar-refractivity contribution is -0.119. The highest BCUT2D eigenvalue weighted by Crippen LogP contribution is 2.13. The standard InChI is InChI=1S/C11H13IN2O5/c1-2-4-9(14-7-8(15)13-10(14)16)19-11(17)18-6-3-5-12/h9H,2,4-5,7H2,1H3,(H,13,15,16). The topological polar surface area (TPSA) is 84.9 Å². The molecule has 1 aliphatic heterocycles. The molecule has 1 saturated heterocycles. The molecule has 1 rings (SSSR count). The highest BCUT2D eigenvalue weighted by Gasteiger charge is 2.34. The number of hydrogen-bond acceptors (Lipinski definition) is 5. The molecule has 1 N–H and O–H groups in total. The van der Waals surface area contributed by atoms with Crippen molar-refractivity contribution in [2.75, 3.05) is 11.0 Å². The first kappa shape index (κ1) is 15.6. The van der Waals surface area contributed by atoms with E-state index in [-0.39, 0.29) is 6.54 Å². The highest BCUT2D eigenvalue weighted by molar-refractivity contribution is 14.1. The van der Waals surface area contributed by atoms with Gasteiger partial charge in [-0.3, -0.25) is 15.0 Å². The van der Waals surface area contributed by atoms with Gasteiger partial charge in [-0.05, 0) is 5.92 Å². The fourth-order valence-corrected chi connectivity index (χ4v) is 1.61. The molecule has 104 valence electrons. The number of imide groups is 1. The minimum Gasteiger partial charge on any atom is -0.409 e. The van der Waals surface area contributed by atoms with Gasteiger partial charge in [0.15, 0.2) is 6.23 Å². The van der Waals surface area contributed by atoms with E-state index in [1.807, 2.05) is 29.5 Å². The number of carbonyl (C=O) groups excluding carboxylic acids is 3. The molecular weight excluding hydrogens is 367 g/mol. The van der Waals surface area contributed by atoms with Gasteiger partial charge in [0.25, 0.3) is 0 Å². The summed E-state index contributed by atoms with van der Waals surface area (Å²) in [4.78, 5) is 35.1. The average molecular weight is 380 g/mol. The molecule has 0 aromatic rings. The fourth-order valence-electron chi connectivity index (χ4n) is 1.46. The van der Waals surface area contributed by atoms with Crippen molar-refractivity contribution in [3.05, 3.63) is 0 Å². The van der Waals surface area contributed by atoms with E-state index < -0.39 is 24.3 Å². The second-order valence-electron chi connectivity index (χ2n) is 3.61. The Balaban J connectivity index is 2.60. The Labute approximate surface area is 124 Å². The molecule has 1 fully saturated rings. The lowest BCUT2D eigenvalue weighted by Gasteiger charge is -2.24. The van der Waals surface area contributed by atoms with Crippen molar-refractivity contribution in [1.82, 2.24) is 10.2 Å². The van der Waals surface area contributed by atoms with Crippen molar-refractivity contribution in [3.8, 4) is 12.0 Å². The number of urea groups is 1. The molecule has 7 nitrogen and oxygen atoms in total. The zero-order valence-electron chi connectivity index (χ0n) is 10.3. The van der Waals surface area contributed by atoms with Crippen LogP contribution < -0.4 is 5.32 Å². The molecule has 0 aliphatic carbocycles. The quantitative estimate of drug-likeness (QED) is 0.261. The second-order valence-corrected chi connectivity index (χ2v) is 4.37. The van der Waals surface area contributed by atoms with Gasteiger partial charge in [0.1, 0.15) is 12.7 Å². The molecule has 0 saturated carbocycles. The second kappa shape index (κ2) is 7.83. The number of carbonyl (C=O) groups is 3. The Kier molecular flexibility index (Phi) is 6.41. The van der Waals surface area contributed by atoms with Gasteiger partial charge in [-0.1, -0.05) is 35.9 Å². The lowest BCUT2D eigenvalue weighted by Crippen LogP contribution is -2.40. The summed E-state index contributed by atoms with van der Waals surface area (Å²) in [6, 6.07) is -0.574. The molecular formula is C11H13IN2O5. The Bertz CT molecular complexity index is 429. The summed E-state index contributed by atoms with van der Waals surface area (Å²) < 4.78 is 10.0. The number of rotatable bonds is 4. The summed E-state index contributed by atoms with van der Waals surface area (Å²) >= 11 is 2.00. The number of hydrogen-bond donors (Lipinski definition) is 1. The van der Waals surface area contributed by atoms with Crippen molar-refractivity contribution in [2.24, 2.45) is 0 Å². The molecule has 1 aliphatic rings. The monoisotopic (exact) mass is 380 g/mol. The van der Waals surface area contributed by atoms with Crippen molar-refractivity contribution in [3.63, 3.8) is 0 Å². The van der Waals surface area contributed by atoms with E-state index in [4.69, 9.17) is 4.74 Å². The minimum absolute atomic E-state index is 0.129. The van der Waals surface area contributed by atoms with E-state index in [0.29, 0.717) is 17.3 Å². The zero-order chi connectivity index (χ0) is 14.3. The Morgan fingerprint density at radius 3 is 2.84 bits per heavy atom. The van der Waals surface area contributed by atoms with E-state index in [0.717, 1.165) is 4.90 Å². The Morgan fingerprint density at radius 2 is 2.32 bits per heavy atom. The molecule has 8 heteroatoms. The Morgan fingerprint density at radius 1 is 1.58 bits per heavy atom. The summed E-state index contributed by atoms with van der Waals surface area (Å²) in [7, 11) is 0. The van der Waals surface area contributed by atoms with Crippen LogP contribution in [0.5, 0.6) is 0 Å². The summed E-state index contributed by atoms with van der Waals surface area (Å²) in [5.41, 5.74) is 0. The lowest BCUT2D eigenvalue weighted by atomic mass is 10.3. The maximum atomic E-state index is 11.5. The van der Waals surface area contributed by atoms with Gasteiger partial charge >= 0.3 is 12.2 Å². The number of amides is 3. The van der Waals surface area contributed by atoms with Crippen molar-refractivity contribution >= 4 is 40.7 Å². The smallest absolute Gasteiger partial charge is 0.409 e. The average Bonchev–Trinajstić information content (AvgIpc) is 2.68. The summed E-state index contributed by atoms with van der Waals surface area (Å²) in [5, 5.41) is 2.12. The normalized spacial score (nSPS) is 15.4. The predicted octanol–water partition coefficient (Wildman–Crippen LogP) is 1.21. The number of halogens is 1. The van der Waals surface area contributed by atoms with Gasteiger partial charge < -0.3 is 9.47 Å². The van der Waals surface area contributed by atoms with Gasteiger partial charge in [0.2, 0.25) is 5.91 Å². The van der Waals surface area contributed by atoms with E-state index >= 15 is 0 Å². The molecule has 1 atom stereocenters. The van der Waals surface area contributed by atoms with Crippen LogP contribution in [0, 0.1) is 12.0 Å². The predicted molar refractivity (Wildman–Crippen MR) is 73.2 cm³/mol. The summed E-state index contributed by atoms with van der Waals surface area (Å²) in [6.07, 6.45) is 1.45. The zero-order valence-corrected chi connectivity index (χ0v) is 12.4. The fraction of sp³-hybridized carbons (Fsp3) is 0.545. The third-order valence-corrected chi connectivity index (χ3v) is 2.59. The number of nitrogens with zero attached hydrogens (tertiary/aromatic N) is 1. The molecule has 0 spiro atoms. The van der Waals surface area contributed by atoms with Crippen LogP contribution in [0.2, 0.25) is 0 Å². The van der Waals surface area contributed by atoms with Crippen molar-refractivity contribution in [2.45, 2.75) is 26.0 Å². The van der Waals surface area contributed by atoms with Crippen LogP contribution in [-0.4, -0.2) is 40.2 Å². The van der Waals surface area contributed by atoms with E-state index in [1.165, 1.54) is 0 Å². The molecule has 1 heterocycles. The highest BCUT2D eigenvalue weighted by atomic mass is 127.